The van der Waals surface area contributed by atoms with Gasteiger partial charge < -0.3 is 10.1 Å². The lowest BCUT2D eigenvalue weighted by Crippen LogP contribution is -2.17. The number of hydrogen-bond acceptors (Lipinski definition) is 5. The number of rotatable bonds is 3. The fourth-order valence-electron chi connectivity index (χ4n) is 2.08. The van der Waals surface area contributed by atoms with Crippen LogP contribution in [-0.2, 0) is 4.74 Å². The highest BCUT2D eigenvalue weighted by atomic mass is 79.9. The van der Waals surface area contributed by atoms with Crippen LogP contribution in [0.15, 0.2) is 35.2 Å². The quantitative estimate of drug-likeness (QED) is 0.621. The molecule has 0 fully saturated rings. The van der Waals surface area contributed by atoms with Gasteiger partial charge in [-0.25, -0.2) is 14.8 Å². The maximum absolute atomic E-state index is 12.5. The van der Waals surface area contributed by atoms with E-state index in [1.165, 1.54) is 25.3 Å². The third-order valence-electron chi connectivity index (χ3n) is 3.28. The molecule has 2 heterocycles. The van der Waals surface area contributed by atoms with Gasteiger partial charge in [0.1, 0.15) is 10.3 Å². The number of ether oxygens (including phenoxy) is 1. The number of carbonyl (C=O) groups excluding carboxylic acids is 2. The van der Waals surface area contributed by atoms with Crippen LogP contribution in [0.1, 0.15) is 20.8 Å². The molecule has 1 N–H and O–H groups in total. The molecule has 0 saturated heterocycles. The number of fused-ring (bicyclic) bond motifs is 1. The monoisotopic (exact) mass is 442 g/mol. The molecule has 1 amide bonds. The molecule has 25 heavy (non-hydrogen) atoms. The van der Waals surface area contributed by atoms with E-state index in [0.29, 0.717) is 10.4 Å². The number of nitrogens with zero attached hydrogens (tertiary/aromatic N) is 3. The molecule has 10 heteroatoms. The number of aromatic nitrogens is 3. The average molecular weight is 444 g/mol. The standard InChI is InChI=1S/C15H9BrCl2N4O3/c1-25-14(24)7-4-8(17)9(18)5-11(7)20-13(23)10-2-3-22-12(16)6-19-15(22)21-10/h2-6H,1H3,(H,20,23). The number of anilines is 1. The first kappa shape index (κ1) is 17.7. The first-order valence-electron chi connectivity index (χ1n) is 6.79. The van der Waals surface area contributed by atoms with Crippen LogP contribution in [0.5, 0.6) is 0 Å². The van der Waals surface area contributed by atoms with E-state index in [-0.39, 0.29) is 27.0 Å². The van der Waals surface area contributed by atoms with Crippen LogP contribution in [0.25, 0.3) is 5.78 Å². The highest BCUT2D eigenvalue weighted by Gasteiger charge is 2.18. The summed E-state index contributed by atoms with van der Waals surface area (Å²) in [6, 6.07) is 4.22. The molecular formula is C15H9BrCl2N4O3. The summed E-state index contributed by atoms with van der Waals surface area (Å²) in [5.74, 6) is -0.846. The Morgan fingerprint density at radius 3 is 2.72 bits per heavy atom. The second-order valence-corrected chi connectivity index (χ2v) is 6.45. The zero-order chi connectivity index (χ0) is 18.1. The normalized spacial score (nSPS) is 10.7. The Bertz CT molecular complexity index is 1010. The summed E-state index contributed by atoms with van der Waals surface area (Å²) in [5, 5.41) is 2.94. The number of amides is 1. The van der Waals surface area contributed by atoms with E-state index in [9.17, 15) is 9.59 Å². The molecule has 128 valence electrons. The van der Waals surface area contributed by atoms with Crippen LogP contribution in [-0.4, -0.2) is 33.4 Å². The molecular weight excluding hydrogens is 435 g/mol. The van der Waals surface area contributed by atoms with E-state index >= 15 is 0 Å². The molecule has 0 bridgehead atoms. The van der Waals surface area contributed by atoms with Crippen molar-refractivity contribution >= 4 is 62.5 Å². The second-order valence-electron chi connectivity index (χ2n) is 4.82. The van der Waals surface area contributed by atoms with E-state index in [2.05, 4.69) is 31.2 Å². The molecule has 0 aliphatic heterocycles. The Labute approximate surface area is 160 Å². The number of halogens is 3. The molecule has 0 radical (unpaired) electrons. The van der Waals surface area contributed by atoms with Gasteiger partial charge in [0.15, 0.2) is 0 Å². The third kappa shape index (κ3) is 3.46. The SMILES string of the molecule is COC(=O)c1cc(Cl)c(Cl)cc1NC(=O)c1ccn2c(Br)cnc2n1. The van der Waals surface area contributed by atoms with Crippen molar-refractivity contribution in [1.29, 1.82) is 0 Å². The summed E-state index contributed by atoms with van der Waals surface area (Å²) in [6.45, 7) is 0. The molecule has 0 spiro atoms. The number of nitrogens with one attached hydrogen (secondary N) is 1. The molecule has 1 aromatic carbocycles. The summed E-state index contributed by atoms with van der Waals surface area (Å²) < 4.78 is 7.06. The fraction of sp³-hybridized carbons (Fsp3) is 0.0667. The van der Waals surface area contributed by atoms with Gasteiger partial charge in [0.05, 0.1) is 34.6 Å². The second kappa shape index (κ2) is 6.99. The van der Waals surface area contributed by atoms with Crippen LogP contribution < -0.4 is 5.32 Å². The van der Waals surface area contributed by atoms with Crippen LogP contribution in [0, 0.1) is 0 Å². The molecule has 0 atom stereocenters. The van der Waals surface area contributed by atoms with Gasteiger partial charge in [-0.15, -0.1) is 0 Å². The maximum Gasteiger partial charge on any atom is 0.340 e. The van der Waals surface area contributed by atoms with E-state index in [0.717, 1.165) is 0 Å². The molecule has 7 nitrogen and oxygen atoms in total. The Morgan fingerprint density at radius 2 is 2.00 bits per heavy atom. The van der Waals surface area contributed by atoms with E-state index in [4.69, 9.17) is 27.9 Å². The minimum atomic E-state index is -0.658. The largest absolute Gasteiger partial charge is 0.465 e. The van der Waals surface area contributed by atoms with Crippen LogP contribution in [0.2, 0.25) is 10.0 Å². The number of hydrogen-bond donors (Lipinski definition) is 1. The van der Waals surface area contributed by atoms with Crippen molar-refractivity contribution in [2.45, 2.75) is 0 Å². The number of esters is 1. The Hall–Kier alpha value is -2.16. The molecule has 0 saturated carbocycles. The maximum atomic E-state index is 12.5. The van der Waals surface area contributed by atoms with Gasteiger partial charge in [0.25, 0.3) is 5.91 Å². The van der Waals surface area contributed by atoms with E-state index < -0.39 is 11.9 Å². The van der Waals surface area contributed by atoms with E-state index in [1.54, 1.807) is 16.8 Å². The van der Waals surface area contributed by atoms with Gasteiger partial charge in [0, 0.05) is 6.20 Å². The van der Waals surface area contributed by atoms with Crippen molar-refractivity contribution in [3.8, 4) is 0 Å². The predicted molar refractivity (Wildman–Crippen MR) is 96.4 cm³/mol. The number of imidazole rings is 1. The Morgan fingerprint density at radius 1 is 1.28 bits per heavy atom. The smallest absolute Gasteiger partial charge is 0.340 e. The van der Waals surface area contributed by atoms with Crippen molar-refractivity contribution in [2.24, 2.45) is 0 Å². The minimum absolute atomic E-state index is 0.0786. The topological polar surface area (TPSA) is 85.6 Å². The van der Waals surface area contributed by atoms with Crippen molar-refractivity contribution in [3.63, 3.8) is 0 Å². The lowest BCUT2D eigenvalue weighted by molar-refractivity contribution is 0.0602. The molecule has 3 rings (SSSR count). The first-order chi connectivity index (χ1) is 11.9. The Kier molecular flexibility index (Phi) is 4.94. The fourth-order valence-corrected chi connectivity index (χ4v) is 2.79. The number of carbonyl (C=O) groups is 2. The van der Waals surface area contributed by atoms with E-state index in [1.807, 2.05) is 0 Å². The third-order valence-corrected chi connectivity index (χ3v) is 4.59. The summed E-state index contributed by atoms with van der Waals surface area (Å²) in [5.41, 5.74) is 0.361. The molecule has 3 aromatic rings. The van der Waals surface area contributed by atoms with Gasteiger partial charge in [-0.3, -0.25) is 9.20 Å². The molecule has 0 unspecified atom stereocenters. The summed E-state index contributed by atoms with van der Waals surface area (Å²) in [7, 11) is 1.22. The predicted octanol–water partition coefficient (Wildman–Crippen LogP) is 3.84. The number of benzene rings is 1. The van der Waals surface area contributed by atoms with Crippen LogP contribution in [0.3, 0.4) is 0 Å². The zero-order valence-corrected chi connectivity index (χ0v) is 15.7. The number of methoxy groups -OCH3 is 1. The molecule has 2 aromatic heterocycles. The summed E-state index contributed by atoms with van der Waals surface area (Å²) >= 11 is 15.2. The first-order valence-corrected chi connectivity index (χ1v) is 8.34. The van der Waals surface area contributed by atoms with Crippen molar-refractivity contribution in [3.05, 3.63) is 56.5 Å². The van der Waals surface area contributed by atoms with Crippen molar-refractivity contribution in [2.75, 3.05) is 12.4 Å². The minimum Gasteiger partial charge on any atom is -0.465 e. The highest BCUT2D eigenvalue weighted by molar-refractivity contribution is 9.10. The van der Waals surface area contributed by atoms with Gasteiger partial charge in [0.2, 0.25) is 5.78 Å². The van der Waals surface area contributed by atoms with Gasteiger partial charge in [-0.1, -0.05) is 23.2 Å². The summed E-state index contributed by atoms with van der Waals surface area (Å²) in [4.78, 5) is 32.6. The van der Waals surface area contributed by atoms with Crippen LogP contribution in [0.4, 0.5) is 5.69 Å². The average Bonchev–Trinajstić information content (AvgIpc) is 2.97. The van der Waals surface area contributed by atoms with Gasteiger partial charge in [-0.2, -0.15) is 0 Å². The highest BCUT2D eigenvalue weighted by Crippen LogP contribution is 2.30. The van der Waals surface area contributed by atoms with Crippen LogP contribution >= 0.6 is 39.1 Å². The zero-order valence-electron chi connectivity index (χ0n) is 12.6. The van der Waals surface area contributed by atoms with Gasteiger partial charge in [-0.05, 0) is 34.1 Å². The van der Waals surface area contributed by atoms with Crippen molar-refractivity contribution in [1.82, 2.24) is 14.4 Å². The lowest BCUT2D eigenvalue weighted by atomic mass is 10.1. The Balaban J connectivity index is 1.96. The summed E-state index contributed by atoms with van der Waals surface area (Å²) in [6.07, 6.45) is 3.21. The van der Waals surface area contributed by atoms with Crippen molar-refractivity contribution < 1.29 is 14.3 Å². The lowest BCUT2D eigenvalue weighted by Gasteiger charge is -2.11. The molecule has 0 aliphatic carbocycles. The molecule has 0 aliphatic rings. The van der Waals surface area contributed by atoms with Gasteiger partial charge >= 0.3 is 5.97 Å².